The molecule has 1 saturated heterocycles. The number of hydrogen-bond donors (Lipinski definition) is 3. The molecule has 1 fully saturated rings. The minimum absolute atomic E-state index is 0.120. The molecule has 0 bridgehead atoms. The van der Waals surface area contributed by atoms with Gasteiger partial charge in [0.1, 0.15) is 0 Å². The molecule has 0 saturated carbocycles. The topological polar surface area (TPSA) is 69.8 Å². The third kappa shape index (κ3) is 2.52. The molecular weight excluding hydrogens is 273 g/mol. The molecule has 0 aromatic carbocycles. The molecule has 1 aromatic rings. The Morgan fingerprint density at radius 1 is 1.50 bits per heavy atom. The first-order valence-corrected chi connectivity index (χ1v) is 6.40. The fourth-order valence-electron chi connectivity index (χ4n) is 2.19. The van der Waals surface area contributed by atoms with E-state index in [1.165, 1.54) is 0 Å². The standard InChI is InChI=1S/C12H17F3N4O/c1-7(2)8-5-9(19-18-8)17-10(20)11(12(13,14)15)3-4-16-6-11/h5,7,16H,3-4,6H2,1-2H3,(H2,17,18,19,20). The van der Waals surface area contributed by atoms with Crippen LogP contribution in [0.2, 0.25) is 0 Å². The van der Waals surface area contributed by atoms with Gasteiger partial charge in [0.25, 0.3) is 0 Å². The predicted molar refractivity (Wildman–Crippen MR) is 67.3 cm³/mol. The molecular formula is C12H17F3N4O. The van der Waals surface area contributed by atoms with Gasteiger partial charge in [0.2, 0.25) is 5.91 Å². The summed E-state index contributed by atoms with van der Waals surface area (Å²) in [6, 6.07) is 1.55. The van der Waals surface area contributed by atoms with Gasteiger partial charge in [-0.3, -0.25) is 9.89 Å². The van der Waals surface area contributed by atoms with Crippen molar-refractivity contribution in [1.82, 2.24) is 15.5 Å². The number of rotatable bonds is 3. The van der Waals surface area contributed by atoms with Crippen molar-refractivity contribution in [2.24, 2.45) is 5.41 Å². The maximum absolute atomic E-state index is 13.2. The van der Waals surface area contributed by atoms with Crippen LogP contribution in [0.15, 0.2) is 6.07 Å². The van der Waals surface area contributed by atoms with Crippen molar-refractivity contribution in [3.05, 3.63) is 11.8 Å². The van der Waals surface area contributed by atoms with Gasteiger partial charge in [-0.1, -0.05) is 13.8 Å². The molecule has 0 aliphatic carbocycles. The Kier molecular flexibility index (Phi) is 3.77. The molecule has 20 heavy (non-hydrogen) atoms. The highest BCUT2D eigenvalue weighted by atomic mass is 19.4. The van der Waals surface area contributed by atoms with E-state index in [9.17, 15) is 18.0 Å². The summed E-state index contributed by atoms with van der Waals surface area (Å²) in [7, 11) is 0. The van der Waals surface area contributed by atoms with Crippen molar-refractivity contribution in [3.8, 4) is 0 Å². The molecule has 8 heteroatoms. The first-order valence-electron chi connectivity index (χ1n) is 6.40. The molecule has 1 atom stereocenters. The largest absolute Gasteiger partial charge is 0.404 e. The van der Waals surface area contributed by atoms with Crippen LogP contribution in [0.5, 0.6) is 0 Å². The quantitative estimate of drug-likeness (QED) is 0.797. The second kappa shape index (κ2) is 5.08. The van der Waals surface area contributed by atoms with Crippen LogP contribution < -0.4 is 10.6 Å². The highest BCUT2D eigenvalue weighted by Gasteiger charge is 2.61. The van der Waals surface area contributed by atoms with Gasteiger partial charge in [0.05, 0.1) is 0 Å². The number of alkyl halides is 3. The second-order valence-corrected chi connectivity index (χ2v) is 5.32. The van der Waals surface area contributed by atoms with Crippen LogP contribution in [0.25, 0.3) is 0 Å². The molecule has 0 radical (unpaired) electrons. The van der Waals surface area contributed by atoms with Crippen LogP contribution in [0.4, 0.5) is 19.0 Å². The summed E-state index contributed by atoms with van der Waals surface area (Å²) in [4.78, 5) is 12.0. The van der Waals surface area contributed by atoms with Crippen LogP contribution in [0, 0.1) is 5.41 Å². The van der Waals surface area contributed by atoms with Gasteiger partial charge in [0.15, 0.2) is 11.2 Å². The monoisotopic (exact) mass is 290 g/mol. The first-order chi connectivity index (χ1) is 9.26. The van der Waals surface area contributed by atoms with E-state index in [0.717, 1.165) is 5.69 Å². The number of amides is 1. The number of H-pyrrole nitrogens is 1. The van der Waals surface area contributed by atoms with E-state index < -0.39 is 24.0 Å². The highest BCUT2D eigenvalue weighted by molar-refractivity contribution is 5.95. The number of nitrogens with zero attached hydrogens (tertiary/aromatic N) is 1. The van der Waals surface area contributed by atoms with Gasteiger partial charge in [-0.25, -0.2) is 0 Å². The zero-order valence-corrected chi connectivity index (χ0v) is 11.3. The lowest BCUT2D eigenvalue weighted by atomic mass is 9.85. The molecule has 1 aromatic heterocycles. The summed E-state index contributed by atoms with van der Waals surface area (Å²) >= 11 is 0. The van der Waals surface area contributed by atoms with Crippen LogP contribution >= 0.6 is 0 Å². The number of aromatic nitrogens is 2. The van der Waals surface area contributed by atoms with Crippen LogP contribution in [-0.4, -0.2) is 35.4 Å². The Bertz CT molecular complexity index is 489. The van der Waals surface area contributed by atoms with Gasteiger partial charge < -0.3 is 10.6 Å². The summed E-state index contributed by atoms with van der Waals surface area (Å²) in [6.45, 7) is 3.60. The maximum Gasteiger partial charge on any atom is 0.404 e. The SMILES string of the molecule is CC(C)c1cc(NC(=O)C2(C(F)(F)F)CCNC2)n[nH]1. The molecule has 5 nitrogen and oxygen atoms in total. The van der Waals surface area contributed by atoms with Gasteiger partial charge in [0, 0.05) is 18.3 Å². The van der Waals surface area contributed by atoms with Crippen molar-refractivity contribution < 1.29 is 18.0 Å². The van der Waals surface area contributed by atoms with Gasteiger partial charge in [-0.2, -0.15) is 18.3 Å². The summed E-state index contributed by atoms with van der Waals surface area (Å²) in [5.74, 6) is -0.788. The minimum atomic E-state index is -4.59. The van der Waals surface area contributed by atoms with E-state index in [1.807, 2.05) is 13.8 Å². The Labute approximate surface area is 114 Å². The van der Waals surface area contributed by atoms with Crippen LogP contribution in [0.1, 0.15) is 31.9 Å². The zero-order chi connectivity index (χ0) is 15.0. The number of carbonyl (C=O) groups is 1. The van der Waals surface area contributed by atoms with Gasteiger partial charge >= 0.3 is 6.18 Å². The molecule has 1 aliphatic heterocycles. The Morgan fingerprint density at radius 2 is 2.20 bits per heavy atom. The Hall–Kier alpha value is -1.57. The lowest BCUT2D eigenvalue weighted by molar-refractivity contribution is -0.213. The van der Waals surface area contributed by atoms with Crippen molar-refractivity contribution in [3.63, 3.8) is 0 Å². The molecule has 2 heterocycles. The van der Waals surface area contributed by atoms with Crippen molar-refractivity contribution in [2.45, 2.75) is 32.4 Å². The van der Waals surface area contributed by atoms with E-state index in [-0.39, 0.29) is 24.7 Å². The highest BCUT2D eigenvalue weighted by Crippen LogP contribution is 2.43. The van der Waals surface area contributed by atoms with E-state index >= 15 is 0 Å². The van der Waals surface area contributed by atoms with Crippen molar-refractivity contribution in [2.75, 3.05) is 18.4 Å². The third-order valence-corrected chi connectivity index (χ3v) is 3.59. The van der Waals surface area contributed by atoms with Crippen LogP contribution in [-0.2, 0) is 4.79 Å². The summed E-state index contributed by atoms with van der Waals surface area (Å²) in [6.07, 6.45) is -4.85. The Morgan fingerprint density at radius 3 is 2.65 bits per heavy atom. The summed E-state index contributed by atoms with van der Waals surface area (Å²) in [5.41, 5.74) is -1.62. The van der Waals surface area contributed by atoms with E-state index in [0.29, 0.717) is 0 Å². The zero-order valence-electron chi connectivity index (χ0n) is 11.3. The Balaban J connectivity index is 2.17. The average molecular weight is 290 g/mol. The second-order valence-electron chi connectivity index (χ2n) is 5.32. The van der Waals surface area contributed by atoms with Gasteiger partial charge in [-0.05, 0) is 18.9 Å². The summed E-state index contributed by atoms with van der Waals surface area (Å²) in [5, 5.41) is 11.4. The molecule has 1 amide bonds. The van der Waals surface area contributed by atoms with Gasteiger partial charge in [-0.15, -0.1) is 0 Å². The van der Waals surface area contributed by atoms with Crippen molar-refractivity contribution in [1.29, 1.82) is 0 Å². The lowest BCUT2D eigenvalue weighted by Crippen LogP contribution is -2.49. The van der Waals surface area contributed by atoms with Crippen molar-refractivity contribution >= 4 is 11.7 Å². The maximum atomic E-state index is 13.2. The fraction of sp³-hybridized carbons (Fsp3) is 0.667. The number of nitrogens with one attached hydrogen (secondary N) is 3. The lowest BCUT2D eigenvalue weighted by Gasteiger charge is -2.28. The van der Waals surface area contributed by atoms with E-state index in [4.69, 9.17) is 0 Å². The fourth-order valence-corrected chi connectivity index (χ4v) is 2.19. The number of anilines is 1. The van der Waals surface area contributed by atoms with Crippen LogP contribution in [0.3, 0.4) is 0 Å². The number of carbonyl (C=O) groups excluding carboxylic acids is 1. The molecule has 0 spiro atoms. The minimum Gasteiger partial charge on any atom is -0.315 e. The van der Waals surface area contributed by atoms with E-state index in [1.54, 1.807) is 6.07 Å². The summed E-state index contributed by atoms with van der Waals surface area (Å²) < 4.78 is 39.5. The molecule has 2 rings (SSSR count). The number of aromatic amines is 1. The number of hydrogen-bond acceptors (Lipinski definition) is 3. The third-order valence-electron chi connectivity index (χ3n) is 3.59. The molecule has 1 aliphatic rings. The molecule has 1 unspecified atom stereocenters. The normalized spacial score (nSPS) is 23.3. The van der Waals surface area contributed by atoms with E-state index in [2.05, 4.69) is 20.8 Å². The molecule has 3 N–H and O–H groups in total. The average Bonchev–Trinajstić information content (AvgIpc) is 2.96. The predicted octanol–water partition coefficient (Wildman–Crippen LogP) is 2.01. The molecule has 112 valence electrons. The smallest absolute Gasteiger partial charge is 0.315 e. The number of halogens is 3. The first kappa shape index (κ1) is 14.8.